The molecule has 0 unspecified atom stereocenters. The monoisotopic (exact) mass is 338 g/mol. The van der Waals surface area contributed by atoms with Crippen molar-refractivity contribution in [2.75, 3.05) is 0 Å². The third kappa shape index (κ3) is 4.05. The summed E-state index contributed by atoms with van der Waals surface area (Å²) >= 11 is 3.30. The Balaban J connectivity index is 2.08. The van der Waals surface area contributed by atoms with Crippen LogP contribution in [0.25, 0.3) is 0 Å². The molecule has 1 heterocycles. The van der Waals surface area contributed by atoms with E-state index in [4.69, 9.17) is 0 Å². The van der Waals surface area contributed by atoms with Crippen LogP contribution < -0.4 is 5.32 Å². The molecule has 0 saturated heterocycles. The standard InChI is InChI=1S/C16H23BrN2O/c1-15(2)8-12(9-16(3,4)10-15)19-14(20)11-5-6-18-13(17)7-11/h5-7,12H,8-10H2,1-4H3,(H,19,20). The molecule has 1 aliphatic rings. The van der Waals surface area contributed by atoms with Crippen LogP contribution in [0.2, 0.25) is 0 Å². The van der Waals surface area contributed by atoms with Crippen LogP contribution in [0.3, 0.4) is 0 Å². The van der Waals surface area contributed by atoms with E-state index < -0.39 is 0 Å². The average Bonchev–Trinajstić information content (AvgIpc) is 2.24. The molecular weight excluding hydrogens is 316 g/mol. The largest absolute Gasteiger partial charge is 0.349 e. The number of pyridine rings is 1. The Labute approximate surface area is 129 Å². The summed E-state index contributed by atoms with van der Waals surface area (Å²) in [4.78, 5) is 16.4. The van der Waals surface area contributed by atoms with Gasteiger partial charge in [0.25, 0.3) is 5.91 Å². The first-order chi connectivity index (χ1) is 9.17. The average molecular weight is 339 g/mol. The topological polar surface area (TPSA) is 42.0 Å². The molecule has 0 radical (unpaired) electrons. The van der Waals surface area contributed by atoms with Gasteiger partial charge in [-0.1, -0.05) is 27.7 Å². The second-order valence-corrected chi connectivity index (χ2v) is 8.26. The highest BCUT2D eigenvalue weighted by atomic mass is 79.9. The second kappa shape index (κ2) is 5.47. The molecular formula is C16H23BrN2O. The van der Waals surface area contributed by atoms with Crippen molar-refractivity contribution >= 4 is 21.8 Å². The van der Waals surface area contributed by atoms with Gasteiger partial charge < -0.3 is 5.32 Å². The molecule has 0 atom stereocenters. The van der Waals surface area contributed by atoms with E-state index in [9.17, 15) is 4.79 Å². The van der Waals surface area contributed by atoms with Gasteiger partial charge >= 0.3 is 0 Å². The van der Waals surface area contributed by atoms with Gasteiger partial charge in [0.05, 0.1) is 0 Å². The maximum Gasteiger partial charge on any atom is 0.251 e. The first kappa shape index (κ1) is 15.5. The highest BCUT2D eigenvalue weighted by Crippen LogP contribution is 2.45. The lowest BCUT2D eigenvalue weighted by molar-refractivity contribution is 0.0713. The van der Waals surface area contributed by atoms with Gasteiger partial charge in [-0.25, -0.2) is 4.98 Å². The molecule has 1 aromatic heterocycles. The summed E-state index contributed by atoms with van der Waals surface area (Å²) in [7, 11) is 0. The lowest BCUT2D eigenvalue weighted by Crippen LogP contribution is -2.46. The second-order valence-electron chi connectivity index (χ2n) is 7.45. The molecule has 0 bridgehead atoms. The van der Waals surface area contributed by atoms with Crippen molar-refractivity contribution in [3.63, 3.8) is 0 Å². The number of nitrogens with one attached hydrogen (secondary N) is 1. The Hall–Kier alpha value is -0.900. The summed E-state index contributed by atoms with van der Waals surface area (Å²) in [6, 6.07) is 3.75. The van der Waals surface area contributed by atoms with E-state index in [1.54, 1.807) is 18.3 Å². The zero-order valence-corrected chi connectivity index (χ0v) is 14.3. The normalized spacial score (nSPS) is 21.4. The minimum absolute atomic E-state index is 0.00778. The Morgan fingerprint density at radius 2 is 1.90 bits per heavy atom. The van der Waals surface area contributed by atoms with Gasteiger partial charge in [-0.3, -0.25) is 4.79 Å². The first-order valence-corrected chi connectivity index (χ1v) is 7.89. The summed E-state index contributed by atoms with van der Waals surface area (Å²) in [6.07, 6.45) is 4.92. The SMILES string of the molecule is CC1(C)CC(NC(=O)c2ccnc(Br)c2)CC(C)(C)C1. The minimum Gasteiger partial charge on any atom is -0.349 e. The van der Waals surface area contributed by atoms with Crippen LogP contribution in [-0.4, -0.2) is 16.9 Å². The van der Waals surface area contributed by atoms with E-state index in [1.165, 1.54) is 6.42 Å². The van der Waals surface area contributed by atoms with E-state index in [-0.39, 0.29) is 22.8 Å². The Morgan fingerprint density at radius 3 is 2.45 bits per heavy atom. The fourth-order valence-corrected chi connectivity index (χ4v) is 4.13. The van der Waals surface area contributed by atoms with Gasteiger partial charge in [-0.2, -0.15) is 0 Å². The van der Waals surface area contributed by atoms with Crippen LogP contribution in [0.5, 0.6) is 0 Å². The molecule has 2 rings (SSSR count). The molecule has 0 aromatic carbocycles. The molecule has 20 heavy (non-hydrogen) atoms. The van der Waals surface area contributed by atoms with E-state index in [2.05, 4.69) is 53.9 Å². The number of carbonyl (C=O) groups excluding carboxylic acids is 1. The number of halogens is 1. The number of rotatable bonds is 2. The van der Waals surface area contributed by atoms with E-state index in [0.29, 0.717) is 10.2 Å². The first-order valence-electron chi connectivity index (χ1n) is 7.09. The number of amides is 1. The third-order valence-electron chi connectivity index (χ3n) is 3.88. The summed E-state index contributed by atoms with van der Waals surface area (Å²) < 4.78 is 0.689. The summed E-state index contributed by atoms with van der Waals surface area (Å²) in [6.45, 7) is 9.15. The van der Waals surface area contributed by atoms with E-state index >= 15 is 0 Å². The maximum atomic E-state index is 12.3. The van der Waals surface area contributed by atoms with Crippen LogP contribution in [0, 0.1) is 10.8 Å². The van der Waals surface area contributed by atoms with Crippen molar-refractivity contribution in [2.24, 2.45) is 10.8 Å². The molecule has 1 saturated carbocycles. The van der Waals surface area contributed by atoms with Crippen molar-refractivity contribution in [3.8, 4) is 0 Å². The fourth-order valence-electron chi connectivity index (χ4n) is 3.76. The van der Waals surface area contributed by atoms with Crippen molar-refractivity contribution < 1.29 is 4.79 Å². The van der Waals surface area contributed by atoms with E-state index in [0.717, 1.165) is 12.8 Å². The van der Waals surface area contributed by atoms with Gasteiger partial charge in [-0.15, -0.1) is 0 Å². The molecule has 1 fully saturated rings. The Morgan fingerprint density at radius 1 is 1.30 bits per heavy atom. The summed E-state index contributed by atoms with van der Waals surface area (Å²) in [5, 5.41) is 3.19. The zero-order valence-electron chi connectivity index (χ0n) is 12.7. The molecule has 1 amide bonds. The fraction of sp³-hybridized carbons (Fsp3) is 0.625. The molecule has 1 N–H and O–H groups in total. The summed E-state index contributed by atoms with van der Waals surface area (Å²) in [5.41, 5.74) is 1.21. The molecule has 1 aromatic rings. The van der Waals surface area contributed by atoms with Crippen LogP contribution >= 0.6 is 15.9 Å². The molecule has 0 spiro atoms. The van der Waals surface area contributed by atoms with Crippen molar-refractivity contribution in [2.45, 2.75) is 53.0 Å². The maximum absolute atomic E-state index is 12.3. The number of hydrogen-bond acceptors (Lipinski definition) is 2. The molecule has 1 aliphatic carbocycles. The molecule has 3 nitrogen and oxygen atoms in total. The van der Waals surface area contributed by atoms with E-state index in [1.807, 2.05) is 0 Å². The lowest BCUT2D eigenvalue weighted by atomic mass is 9.63. The number of carbonyl (C=O) groups is 1. The minimum atomic E-state index is -0.00778. The predicted octanol–water partition coefficient (Wildman–Crippen LogP) is 4.18. The Kier molecular flexibility index (Phi) is 4.24. The van der Waals surface area contributed by atoms with Gasteiger partial charge in [0.1, 0.15) is 4.60 Å². The van der Waals surface area contributed by atoms with Crippen molar-refractivity contribution in [3.05, 3.63) is 28.5 Å². The van der Waals surface area contributed by atoms with Crippen LogP contribution in [0.1, 0.15) is 57.3 Å². The number of hydrogen-bond donors (Lipinski definition) is 1. The van der Waals surface area contributed by atoms with Crippen LogP contribution in [-0.2, 0) is 0 Å². The van der Waals surface area contributed by atoms with Crippen molar-refractivity contribution in [1.29, 1.82) is 0 Å². The van der Waals surface area contributed by atoms with Crippen molar-refractivity contribution in [1.82, 2.24) is 10.3 Å². The highest BCUT2D eigenvalue weighted by molar-refractivity contribution is 9.10. The van der Waals surface area contributed by atoms with Gasteiger partial charge in [0.15, 0.2) is 0 Å². The quantitative estimate of drug-likeness (QED) is 0.822. The number of aromatic nitrogens is 1. The lowest BCUT2D eigenvalue weighted by Gasteiger charge is -2.45. The smallest absolute Gasteiger partial charge is 0.251 e. The molecule has 110 valence electrons. The predicted molar refractivity (Wildman–Crippen MR) is 84.6 cm³/mol. The number of nitrogens with zero attached hydrogens (tertiary/aromatic N) is 1. The van der Waals surface area contributed by atoms with Gasteiger partial charge in [-0.05, 0) is 58.2 Å². The highest BCUT2D eigenvalue weighted by Gasteiger charge is 2.38. The van der Waals surface area contributed by atoms with Gasteiger partial charge in [0, 0.05) is 17.8 Å². The molecule has 4 heteroatoms. The van der Waals surface area contributed by atoms with Crippen LogP contribution in [0.15, 0.2) is 22.9 Å². The Bertz CT molecular complexity index is 495. The zero-order chi connectivity index (χ0) is 15.0. The van der Waals surface area contributed by atoms with Gasteiger partial charge in [0.2, 0.25) is 0 Å². The van der Waals surface area contributed by atoms with Crippen LogP contribution in [0.4, 0.5) is 0 Å². The summed E-state index contributed by atoms with van der Waals surface area (Å²) in [5.74, 6) is -0.00778. The third-order valence-corrected chi connectivity index (χ3v) is 4.31. The molecule has 0 aliphatic heterocycles.